The van der Waals surface area contributed by atoms with Crippen LogP contribution >= 0.6 is 0 Å². The van der Waals surface area contributed by atoms with Crippen molar-refractivity contribution in [1.29, 1.82) is 0 Å². The molecule has 3 aliphatic carbocycles. The molecule has 3 saturated carbocycles. The number of carbonyl (C=O) groups is 3. The van der Waals surface area contributed by atoms with Crippen molar-refractivity contribution in [3.8, 4) is 0 Å². The summed E-state index contributed by atoms with van der Waals surface area (Å²) in [6.07, 6.45) is 4.11. The predicted molar refractivity (Wildman–Crippen MR) is 119 cm³/mol. The lowest BCUT2D eigenvalue weighted by atomic mass is 9.38. The zero-order valence-corrected chi connectivity index (χ0v) is 21.1. The van der Waals surface area contributed by atoms with E-state index in [4.69, 9.17) is 18.9 Å². The fraction of sp³-hybridized carbons (Fsp3) is 0.885. The summed E-state index contributed by atoms with van der Waals surface area (Å²) in [7, 11) is 0. The lowest BCUT2D eigenvalue weighted by Gasteiger charge is -2.66. The SMILES string of the molecule is CC(=O)O[C@@H]1O[C@H](OC(C)=O)[C@@H]2[C@H]1[C@H](OC(C)=O)CC1[C@@]3(C)CCCC(C)(C)C3CC[C@]12C. The number of hydrogen-bond donors (Lipinski definition) is 0. The standard InChI is InChI=1S/C26H40O7/c1-14(27)30-17-13-19-25(6)11-8-10-24(4,5)18(25)9-12-26(19,7)21-20(17)22(31-15(2)28)33-23(21)32-16(3)29/h17-23H,8-13H2,1-7H3/t17-,18?,19?,20-,21+,22-,23+,25+,26-/m1/s1. The lowest BCUT2D eigenvalue weighted by Crippen LogP contribution is -2.63. The largest absolute Gasteiger partial charge is 0.462 e. The van der Waals surface area contributed by atoms with Crippen LogP contribution in [0.3, 0.4) is 0 Å². The van der Waals surface area contributed by atoms with Gasteiger partial charge in [0.1, 0.15) is 6.10 Å². The second-order valence-electron chi connectivity index (χ2n) is 12.1. The Morgan fingerprint density at radius 1 is 0.758 bits per heavy atom. The van der Waals surface area contributed by atoms with Gasteiger partial charge in [-0.25, -0.2) is 0 Å². The first-order chi connectivity index (χ1) is 15.3. The van der Waals surface area contributed by atoms with Crippen LogP contribution < -0.4 is 0 Å². The van der Waals surface area contributed by atoms with Gasteiger partial charge in [0.05, 0.1) is 5.92 Å². The Labute approximate surface area is 197 Å². The van der Waals surface area contributed by atoms with E-state index in [0.717, 1.165) is 19.3 Å². The highest BCUT2D eigenvalue weighted by molar-refractivity contribution is 5.67. The van der Waals surface area contributed by atoms with Gasteiger partial charge in [-0.05, 0) is 60.2 Å². The van der Waals surface area contributed by atoms with E-state index < -0.39 is 30.6 Å². The molecule has 0 bridgehead atoms. The van der Waals surface area contributed by atoms with Crippen molar-refractivity contribution in [2.75, 3.05) is 0 Å². The Morgan fingerprint density at radius 2 is 1.36 bits per heavy atom. The molecule has 0 amide bonds. The maximum atomic E-state index is 12.1. The van der Waals surface area contributed by atoms with Gasteiger partial charge in [0.2, 0.25) is 12.6 Å². The number of rotatable bonds is 3. The zero-order valence-electron chi connectivity index (χ0n) is 21.1. The van der Waals surface area contributed by atoms with Crippen molar-refractivity contribution in [2.24, 2.45) is 39.9 Å². The molecule has 33 heavy (non-hydrogen) atoms. The molecule has 1 saturated heterocycles. The third-order valence-electron chi connectivity index (χ3n) is 9.67. The molecule has 2 unspecified atom stereocenters. The van der Waals surface area contributed by atoms with Crippen LogP contribution in [-0.4, -0.2) is 36.6 Å². The highest BCUT2D eigenvalue weighted by atomic mass is 16.8. The predicted octanol–water partition coefficient (Wildman–Crippen LogP) is 4.61. The maximum Gasteiger partial charge on any atom is 0.304 e. The first-order valence-electron chi connectivity index (χ1n) is 12.5. The molecule has 0 N–H and O–H groups in total. The first-order valence-corrected chi connectivity index (χ1v) is 12.5. The third-order valence-corrected chi connectivity index (χ3v) is 9.67. The molecule has 7 nitrogen and oxygen atoms in total. The normalized spacial score (nSPS) is 45.7. The van der Waals surface area contributed by atoms with Crippen LogP contribution in [0.4, 0.5) is 0 Å². The van der Waals surface area contributed by atoms with Gasteiger partial charge in [-0.2, -0.15) is 0 Å². The van der Waals surface area contributed by atoms with Crippen molar-refractivity contribution < 1.29 is 33.3 Å². The number of fused-ring (bicyclic) bond motifs is 5. The maximum absolute atomic E-state index is 12.1. The van der Waals surface area contributed by atoms with Crippen LogP contribution in [0.1, 0.15) is 87.0 Å². The van der Waals surface area contributed by atoms with Crippen LogP contribution in [-0.2, 0) is 33.3 Å². The van der Waals surface area contributed by atoms with Crippen molar-refractivity contribution in [3.05, 3.63) is 0 Å². The number of carbonyl (C=O) groups excluding carboxylic acids is 3. The first kappa shape index (κ1) is 24.5. The van der Waals surface area contributed by atoms with Gasteiger partial charge in [-0.15, -0.1) is 0 Å². The Balaban J connectivity index is 1.80. The Kier molecular flexibility index (Phi) is 6.12. The minimum Gasteiger partial charge on any atom is -0.462 e. The zero-order chi connectivity index (χ0) is 24.3. The van der Waals surface area contributed by atoms with Crippen molar-refractivity contribution in [3.63, 3.8) is 0 Å². The number of hydrogen-bond acceptors (Lipinski definition) is 7. The topological polar surface area (TPSA) is 88.1 Å². The van der Waals surface area contributed by atoms with Crippen molar-refractivity contribution in [1.82, 2.24) is 0 Å². The van der Waals surface area contributed by atoms with Gasteiger partial charge < -0.3 is 18.9 Å². The van der Waals surface area contributed by atoms with Gasteiger partial charge >= 0.3 is 17.9 Å². The van der Waals surface area contributed by atoms with Crippen LogP contribution in [0.25, 0.3) is 0 Å². The van der Waals surface area contributed by atoms with E-state index in [1.54, 1.807) is 0 Å². The van der Waals surface area contributed by atoms with E-state index in [1.807, 2.05) is 0 Å². The van der Waals surface area contributed by atoms with E-state index in [1.165, 1.54) is 33.6 Å². The molecular weight excluding hydrogens is 424 g/mol. The van der Waals surface area contributed by atoms with Crippen LogP contribution in [0.5, 0.6) is 0 Å². The summed E-state index contributed by atoms with van der Waals surface area (Å²) < 4.78 is 23.2. The molecule has 7 heteroatoms. The quantitative estimate of drug-likeness (QED) is 0.445. The molecular formula is C26H40O7. The molecule has 0 aromatic rings. The van der Waals surface area contributed by atoms with Crippen molar-refractivity contribution >= 4 is 17.9 Å². The number of ether oxygens (including phenoxy) is 4. The minimum atomic E-state index is -0.910. The summed E-state index contributed by atoms with van der Waals surface area (Å²) in [6, 6.07) is 0. The molecule has 1 heterocycles. The average molecular weight is 465 g/mol. The van der Waals surface area contributed by atoms with Gasteiger partial charge in [0, 0.05) is 26.7 Å². The van der Waals surface area contributed by atoms with Crippen LogP contribution in [0.2, 0.25) is 0 Å². The third kappa shape index (κ3) is 3.98. The van der Waals surface area contributed by atoms with Gasteiger partial charge in [0.25, 0.3) is 0 Å². The smallest absolute Gasteiger partial charge is 0.304 e. The van der Waals surface area contributed by atoms with Gasteiger partial charge in [-0.1, -0.05) is 34.1 Å². The molecule has 4 aliphatic rings. The highest BCUT2D eigenvalue weighted by Crippen LogP contribution is 2.71. The average Bonchev–Trinajstić information content (AvgIpc) is 3.00. The Bertz CT molecular complexity index is 821. The molecule has 4 fully saturated rings. The number of esters is 3. The van der Waals surface area contributed by atoms with Gasteiger partial charge in [-0.3, -0.25) is 14.4 Å². The van der Waals surface area contributed by atoms with Crippen LogP contribution in [0.15, 0.2) is 0 Å². The fourth-order valence-electron chi connectivity index (χ4n) is 8.70. The van der Waals surface area contributed by atoms with Crippen molar-refractivity contribution in [2.45, 2.75) is 106 Å². The second kappa shape index (κ2) is 8.24. The van der Waals surface area contributed by atoms with Crippen LogP contribution in [0, 0.1) is 39.9 Å². The highest BCUT2D eigenvalue weighted by Gasteiger charge is 2.70. The fourth-order valence-corrected chi connectivity index (χ4v) is 8.70. The summed E-state index contributed by atoms with van der Waals surface area (Å²) in [4.78, 5) is 36.0. The molecule has 0 spiro atoms. The lowest BCUT2D eigenvalue weighted by molar-refractivity contribution is -0.228. The molecule has 4 rings (SSSR count). The summed E-state index contributed by atoms with van der Waals surface area (Å²) >= 11 is 0. The summed E-state index contributed by atoms with van der Waals surface area (Å²) in [5.74, 6) is -1.02. The Hall–Kier alpha value is -1.63. The van der Waals surface area contributed by atoms with E-state index in [2.05, 4.69) is 27.7 Å². The molecule has 9 atom stereocenters. The van der Waals surface area contributed by atoms with E-state index in [-0.39, 0.29) is 40.0 Å². The monoisotopic (exact) mass is 464 g/mol. The molecule has 0 aromatic carbocycles. The van der Waals surface area contributed by atoms with E-state index in [0.29, 0.717) is 12.3 Å². The Morgan fingerprint density at radius 3 is 1.97 bits per heavy atom. The molecule has 1 aliphatic heterocycles. The molecule has 186 valence electrons. The van der Waals surface area contributed by atoms with E-state index in [9.17, 15) is 14.4 Å². The van der Waals surface area contributed by atoms with E-state index >= 15 is 0 Å². The summed E-state index contributed by atoms with van der Waals surface area (Å²) in [5.41, 5.74) is 0.136. The summed E-state index contributed by atoms with van der Waals surface area (Å²) in [5, 5.41) is 0. The minimum absolute atomic E-state index is 0.0818. The second-order valence-corrected chi connectivity index (χ2v) is 12.1. The van der Waals surface area contributed by atoms with Gasteiger partial charge in [0.15, 0.2) is 0 Å². The summed E-state index contributed by atoms with van der Waals surface area (Å²) in [6.45, 7) is 13.6. The molecule has 0 aromatic heterocycles. The molecule has 0 radical (unpaired) electrons.